The number of β-lactam (4-membered cyclic amide) rings is 1. The Balaban J connectivity index is 1.83. The van der Waals surface area contributed by atoms with E-state index in [1.165, 1.54) is 23.6 Å². The Bertz CT molecular complexity index is 1200. The van der Waals surface area contributed by atoms with Crippen LogP contribution in [0.3, 0.4) is 0 Å². The molecule has 0 radical (unpaired) electrons. The van der Waals surface area contributed by atoms with Crippen molar-refractivity contribution in [1.29, 1.82) is 0 Å². The maximum atomic E-state index is 14.2. The predicted molar refractivity (Wildman–Crippen MR) is 125 cm³/mol. The topological polar surface area (TPSA) is 54.5 Å². The highest BCUT2D eigenvalue weighted by Gasteiger charge is 2.77. The van der Waals surface area contributed by atoms with E-state index in [2.05, 4.69) is 0 Å². The number of amides is 1. The van der Waals surface area contributed by atoms with Crippen molar-refractivity contribution < 1.29 is 14.4 Å². The van der Waals surface area contributed by atoms with E-state index < -0.39 is 10.3 Å². The van der Waals surface area contributed by atoms with Crippen LogP contribution < -0.4 is 0 Å². The van der Waals surface area contributed by atoms with Crippen LogP contribution in [0.4, 0.5) is 0 Å². The number of carbonyl (C=O) groups is 3. The molecule has 5 rings (SSSR count). The van der Waals surface area contributed by atoms with Crippen molar-refractivity contribution in [2.75, 3.05) is 5.75 Å². The lowest BCUT2D eigenvalue weighted by atomic mass is 9.59. The van der Waals surface area contributed by atoms with Crippen LogP contribution >= 0.6 is 11.8 Å². The molecule has 1 unspecified atom stereocenters. The summed E-state index contributed by atoms with van der Waals surface area (Å²) in [6.07, 6.45) is 1.59. The van der Waals surface area contributed by atoms with Gasteiger partial charge < -0.3 is 0 Å². The van der Waals surface area contributed by atoms with Crippen LogP contribution in [0.5, 0.6) is 0 Å². The van der Waals surface area contributed by atoms with Crippen molar-refractivity contribution in [1.82, 2.24) is 4.90 Å². The Morgan fingerprint density at radius 1 is 0.812 bits per heavy atom. The summed E-state index contributed by atoms with van der Waals surface area (Å²) >= 11 is 1.37. The molecule has 2 aliphatic heterocycles. The van der Waals surface area contributed by atoms with Crippen LogP contribution in [0.1, 0.15) is 28.4 Å². The number of benzene rings is 3. The van der Waals surface area contributed by atoms with E-state index in [9.17, 15) is 14.4 Å². The van der Waals surface area contributed by atoms with Gasteiger partial charge in [-0.05, 0) is 18.1 Å². The third-order valence-electron chi connectivity index (χ3n) is 6.32. The molecular formula is C27H21NO3S. The van der Waals surface area contributed by atoms with Gasteiger partial charge in [-0.3, -0.25) is 19.3 Å². The zero-order valence-electron chi connectivity index (χ0n) is 17.5. The van der Waals surface area contributed by atoms with Gasteiger partial charge in [-0.2, -0.15) is 0 Å². The number of ketones is 2. The lowest BCUT2D eigenvalue weighted by Gasteiger charge is -2.64. The fraction of sp³-hybridized carbons (Fsp3) is 0.148. The first kappa shape index (κ1) is 20.5. The molecule has 32 heavy (non-hydrogen) atoms. The van der Waals surface area contributed by atoms with Crippen LogP contribution in [-0.2, 0) is 15.0 Å². The van der Waals surface area contributed by atoms with Crippen LogP contribution in [0.25, 0.3) is 0 Å². The Kier molecular flexibility index (Phi) is 4.86. The molecule has 3 aromatic carbocycles. The van der Waals surface area contributed by atoms with E-state index in [1.807, 2.05) is 78.9 Å². The lowest BCUT2D eigenvalue weighted by molar-refractivity contribution is -0.152. The van der Waals surface area contributed by atoms with Gasteiger partial charge in [-0.25, -0.2) is 0 Å². The molecular weight excluding hydrogens is 418 g/mol. The monoisotopic (exact) mass is 439 g/mol. The molecule has 2 aliphatic rings. The van der Waals surface area contributed by atoms with Gasteiger partial charge in [0.2, 0.25) is 11.7 Å². The standard InChI is InChI=1S/C27H21NO3S/c1-19(29)21-17-28-25(31)26(22-13-7-3-8-14-22,23-15-9-4-10-16-23)27(28,32-18-21)24(30)20-11-5-2-6-12-20/h2-17H,18H2,1H3. The molecule has 0 aromatic heterocycles. The first-order valence-electron chi connectivity index (χ1n) is 10.4. The summed E-state index contributed by atoms with van der Waals surface area (Å²) in [6, 6.07) is 28.1. The van der Waals surface area contributed by atoms with Gasteiger partial charge in [0.05, 0.1) is 0 Å². The average molecular weight is 440 g/mol. The van der Waals surface area contributed by atoms with Crippen molar-refractivity contribution in [3.8, 4) is 0 Å². The number of hydrogen-bond acceptors (Lipinski definition) is 4. The zero-order chi connectivity index (χ0) is 22.3. The van der Waals surface area contributed by atoms with Gasteiger partial charge in [0.15, 0.2) is 10.7 Å². The van der Waals surface area contributed by atoms with E-state index in [-0.39, 0.29) is 17.5 Å². The quantitative estimate of drug-likeness (QED) is 0.430. The van der Waals surface area contributed by atoms with Gasteiger partial charge in [-0.15, -0.1) is 11.8 Å². The molecule has 0 aliphatic carbocycles. The zero-order valence-corrected chi connectivity index (χ0v) is 18.3. The van der Waals surface area contributed by atoms with Crippen molar-refractivity contribution >= 4 is 29.2 Å². The number of Topliss-reactive ketones (excluding diaryl/α,β-unsaturated/α-hetero) is 2. The largest absolute Gasteiger partial charge is 0.295 e. The summed E-state index contributed by atoms with van der Waals surface area (Å²) < 4.78 is 0. The molecule has 1 atom stereocenters. The summed E-state index contributed by atoms with van der Waals surface area (Å²) in [5.74, 6) is -0.0820. The number of fused-ring (bicyclic) bond motifs is 1. The molecule has 158 valence electrons. The minimum Gasteiger partial charge on any atom is -0.295 e. The van der Waals surface area contributed by atoms with Gasteiger partial charge >= 0.3 is 0 Å². The molecule has 5 heteroatoms. The molecule has 0 N–H and O–H groups in total. The Hall–Kier alpha value is -3.44. The highest BCUT2D eigenvalue weighted by molar-refractivity contribution is 8.01. The van der Waals surface area contributed by atoms with E-state index in [0.29, 0.717) is 16.9 Å². The number of thioether (sulfide) groups is 1. The fourth-order valence-corrected chi connectivity index (χ4v) is 6.51. The maximum absolute atomic E-state index is 14.2. The molecule has 3 aromatic rings. The van der Waals surface area contributed by atoms with E-state index in [1.54, 1.807) is 18.3 Å². The van der Waals surface area contributed by atoms with Gasteiger partial charge in [0, 0.05) is 23.1 Å². The first-order chi connectivity index (χ1) is 15.5. The van der Waals surface area contributed by atoms with Crippen LogP contribution in [0.15, 0.2) is 103 Å². The van der Waals surface area contributed by atoms with Gasteiger partial charge in [0.1, 0.15) is 5.41 Å². The SMILES string of the molecule is CC(=O)C1=CN2C(=O)C(c3ccccc3)(c3ccccc3)C2(C(=O)c2ccccc2)SC1. The number of rotatable bonds is 5. The molecule has 1 fully saturated rings. The van der Waals surface area contributed by atoms with Crippen molar-refractivity contribution in [2.45, 2.75) is 17.2 Å². The molecule has 0 bridgehead atoms. The molecule has 4 nitrogen and oxygen atoms in total. The highest BCUT2D eigenvalue weighted by Crippen LogP contribution is 2.63. The number of carbonyl (C=O) groups excluding carboxylic acids is 3. The minimum absolute atomic E-state index is 0.0945. The van der Waals surface area contributed by atoms with Crippen LogP contribution in [0.2, 0.25) is 0 Å². The van der Waals surface area contributed by atoms with E-state index >= 15 is 0 Å². The third-order valence-corrected chi connectivity index (χ3v) is 7.88. The molecule has 2 heterocycles. The van der Waals surface area contributed by atoms with E-state index in [4.69, 9.17) is 0 Å². The average Bonchev–Trinajstić information content (AvgIpc) is 2.85. The van der Waals surface area contributed by atoms with Crippen molar-refractivity contribution in [3.05, 3.63) is 119 Å². The smallest absolute Gasteiger partial charge is 0.247 e. The van der Waals surface area contributed by atoms with Crippen molar-refractivity contribution in [2.24, 2.45) is 0 Å². The lowest BCUT2D eigenvalue weighted by Crippen LogP contribution is -2.81. The summed E-state index contributed by atoms with van der Waals surface area (Å²) in [4.78, 5) is 40.7. The molecule has 1 amide bonds. The normalized spacial score (nSPS) is 21.2. The highest BCUT2D eigenvalue weighted by atomic mass is 32.2. The second-order valence-corrected chi connectivity index (χ2v) is 9.16. The third kappa shape index (κ3) is 2.61. The van der Waals surface area contributed by atoms with Crippen LogP contribution in [-0.4, -0.2) is 33.0 Å². The Morgan fingerprint density at radius 2 is 1.31 bits per heavy atom. The van der Waals surface area contributed by atoms with E-state index in [0.717, 1.165) is 11.1 Å². The Labute approximate surface area is 190 Å². The summed E-state index contributed by atoms with van der Waals surface area (Å²) in [7, 11) is 0. The van der Waals surface area contributed by atoms with Crippen LogP contribution in [0, 0.1) is 0 Å². The summed E-state index contributed by atoms with van der Waals surface area (Å²) in [6.45, 7) is 1.49. The predicted octanol–water partition coefficient (Wildman–Crippen LogP) is 4.61. The maximum Gasteiger partial charge on any atom is 0.247 e. The second kappa shape index (κ2) is 7.61. The Morgan fingerprint density at radius 3 is 1.81 bits per heavy atom. The minimum atomic E-state index is -1.23. The first-order valence-corrected chi connectivity index (χ1v) is 11.4. The fourth-order valence-electron chi connectivity index (χ4n) is 4.80. The van der Waals surface area contributed by atoms with Crippen molar-refractivity contribution in [3.63, 3.8) is 0 Å². The molecule has 0 saturated carbocycles. The summed E-state index contributed by atoms with van der Waals surface area (Å²) in [5, 5.41) is 0. The van der Waals surface area contributed by atoms with Gasteiger partial charge in [-0.1, -0.05) is 91.0 Å². The molecule has 1 saturated heterocycles. The second-order valence-electron chi connectivity index (χ2n) is 8.00. The summed E-state index contributed by atoms with van der Waals surface area (Å²) in [5.41, 5.74) is 1.40. The number of hydrogen-bond donors (Lipinski definition) is 0. The molecule has 0 spiro atoms. The number of nitrogens with zero attached hydrogens (tertiary/aromatic N) is 1. The van der Waals surface area contributed by atoms with Gasteiger partial charge in [0.25, 0.3) is 0 Å².